The summed E-state index contributed by atoms with van der Waals surface area (Å²) in [6, 6.07) is 19.9. The van der Waals surface area contributed by atoms with Crippen LogP contribution < -0.4 is 5.32 Å². The summed E-state index contributed by atoms with van der Waals surface area (Å²) in [6.45, 7) is 4.40. The summed E-state index contributed by atoms with van der Waals surface area (Å²) in [7, 11) is 0. The highest BCUT2D eigenvalue weighted by Gasteiger charge is 2.11. The monoisotopic (exact) mass is 276 g/mol. The van der Waals surface area contributed by atoms with Crippen molar-refractivity contribution < 1.29 is 0 Å². The summed E-state index contributed by atoms with van der Waals surface area (Å²) in [5.74, 6) is 0. The fourth-order valence-corrected chi connectivity index (χ4v) is 2.70. The molecular weight excluding hydrogens is 256 g/mol. The average Bonchev–Trinajstić information content (AvgIpc) is 2.55. The van der Waals surface area contributed by atoms with Gasteiger partial charge in [-0.3, -0.25) is 4.98 Å². The summed E-state index contributed by atoms with van der Waals surface area (Å²) < 4.78 is 0. The van der Waals surface area contributed by atoms with Gasteiger partial charge in [-0.15, -0.1) is 0 Å². The molecule has 2 atom stereocenters. The number of nitrogens with one attached hydrogen (secondary N) is 1. The molecule has 3 aromatic rings. The van der Waals surface area contributed by atoms with E-state index in [0.29, 0.717) is 12.1 Å². The highest BCUT2D eigenvalue weighted by atomic mass is 14.9. The summed E-state index contributed by atoms with van der Waals surface area (Å²) in [5.41, 5.74) is 2.58. The van der Waals surface area contributed by atoms with Crippen LogP contribution in [0, 0.1) is 0 Å². The highest BCUT2D eigenvalue weighted by molar-refractivity contribution is 5.83. The van der Waals surface area contributed by atoms with Crippen LogP contribution in [0.25, 0.3) is 10.8 Å². The molecule has 0 spiro atoms. The summed E-state index contributed by atoms with van der Waals surface area (Å²) >= 11 is 0. The number of fused-ring (bicyclic) bond motifs is 1. The summed E-state index contributed by atoms with van der Waals surface area (Å²) in [6.07, 6.45) is 3.68. The van der Waals surface area contributed by atoms with Crippen molar-refractivity contribution in [2.24, 2.45) is 0 Å². The maximum absolute atomic E-state index is 4.07. The van der Waals surface area contributed by atoms with Gasteiger partial charge in [-0.2, -0.15) is 0 Å². The molecule has 0 bridgehead atoms. The lowest BCUT2D eigenvalue weighted by atomic mass is 10.0. The van der Waals surface area contributed by atoms with Gasteiger partial charge in [0.15, 0.2) is 0 Å². The van der Waals surface area contributed by atoms with Gasteiger partial charge in [0, 0.05) is 24.5 Å². The zero-order valence-electron chi connectivity index (χ0n) is 12.5. The van der Waals surface area contributed by atoms with Crippen molar-refractivity contribution in [3.8, 4) is 0 Å². The largest absolute Gasteiger partial charge is 0.304 e. The molecule has 21 heavy (non-hydrogen) atoms. The number of hydrogen-bond donors (Lipinski definition) is 1. The number of nitrogens with zero attached hydrogens (tertiary/aromatic N) is 1. The van der Waals surface area contributed by atoms with Gasteiger partial charge in [-0.05, 0) is 53.9 Å². The highest BCUT2D eigenvalue weighted by Crippen LogP contribution is 2.22. The third-order valence-corrected chi connectivity index (χ3v) is 3.98. The van der Waals surface area contributed by atoms with E-state index in [9.17, 15) is 0 Å². The summed E-state index contributed by atoms with van der Waals surface area (Å²) in [4.78, 5) is 4.07. The van der Waals surface area contributed by atoms with Crippen LogP contribution in [0.15, 0.2) is 67.0 Å². The van der Waals surface area contributed by atoms with E-state index in [1.807, 2.05) is 12.4 Å². The quantitative estimate of drug-likeness (QED) is 0.750. The molecule has 0 fully saturated rings. The molecule has 0 aliphatic carbocycles. The second kappa shape index (κ2) is 6.06. The minimum atomic E-state index is 0.300. The van der Waals surface area contributed by atoms with E-state index in [4.69, 9.17) is 0 Å². The SMILES string of the molecule is CC(NC(C)c1ccc2ccccc2c1)c1ccncc1. The van der Waals surface area contributed by atoms with Crippen LogP contribution in [0.4, 0.5) is 0 Å². The Kier molecular flexibility index (Phi) is 3.98. The van der Waals surface area contributed by atoms with Gasteiger partial charge >= 0.3 is 0 Å². The van der Waals surface area contributed by atoms with E-state index in [0.717, 1.165) is 0 Å². The maximum Gasteiger partial charge on any atom is 0.0298 e. The fourth-order valence-electron chi connectivity index (χ4n) is 2.70. The van der Waals surface area contributed by atoms with Gasteiger partial charge < -0.3 is 5.32 Å². The Balaban J connectivity index is 1.79. The van der Waals surface area contributed by atoms with Crippen molar-refractivity contribution in [3.63, 3.8) is 0 Å². The lowest BCUT2D eigenvalue weighted by Crippen LogP contribution is -2.22. The van der Waals surface area contributed by atoms with Crippen LogP contribution in [0.1, 0.15) is 37.1 Å². The second-order valence-electron chi connectivity index (χ2n) is 5.50. The number of hydrogen-bond acceptors (Lipinski definition) is 2. The molecule has 1 N–H and O–H groups in total. The first-order valence-corrected chi connectivity index (χ1v) is 7.39. The first-order chi connectivity index (χ1) is 10.2. The third kappa shape index (κ3) is 3.11. The standard InChI is InChI=1S/C19H20N2/c1-14(16-9-11-20-12-10-16)21-15(2)18-8-7-17-5-3-4-6-19(17)13-18/h3-15,21H,1-2H3. The van der Waals surface area contributed by atoms with Crippen molar-refractivity contribution in [2.75, 3.05) is 0 Å². The van der Waals surface area contributed by atoms with Crippen molar-refractivity contribution >= 4 is 10.8 Å². The van der Waals surface area contributed by atoms with Gasteiger partial charge in [0.2, 0.25) is 0 Å². The van der Waals surface area contributed by atoms with E-state index in [-0.39, 0.29) is 0 Å². The molecule has 106 valence electrons. The molecule has 0 saturated carbocycles. The molecule has 2 nitrogen and oxygen atoms in total. The van der Waals surface area contributed by atoms with Gasteiger partial charge in [0.05, 0.1) is 0 Å². The minimum absolute atomic E-state index is 0.300. The fraction of sp³-hybridized carbons (Fsp3) is 0.211. The lowest BCUT2D eigenvalue weighted by molar-refractivity contribution is 0.494. The van der Waals surface area contributed by atoms with E-state index in [2.05, 4.69) is 78.7 Å². The zero-order valence-corrected chi connectivity index (χ0v) is 12.5. The van der Waals surface area contributed by atoms with Gasteiger partial charge in [0.25, 0.3) is 0 Å². The van der Waals surface area contributed by atoms with E-state index in [1.165, 1.54) is 21.9 Å². The van der Waals surface area contributed by atoms with Crippen LogP contribution in [0.3, 0.4) is 0 Å². The van der Waals surface area contributed by atoms with Gasteiger partial charge in [0.1, 0.15) is 0 Å². The average molecular weight is 276 g/mol. The Morgan fingerprint density at radius 3 is 2.19 bits per heavy atom. The smallest absolute Gasteiger partial charge is 0.0298 e. The van der Waals surface area contributed by atoms with Crippen LogP contribution in [0.2, 0.25) is 0 Å². The predicted octanol–water partition coefficient (Wildman–Crippen LogP) is 4.65. The predicted molar refractivity (Wildman–Crippen MR) is 88.2 cm³/mol. The van der Waals surface area contributed by atoms with Crippen LogP contribution in [-0.4, -0.2) is 4.98 Å². The first-order valence-electron chi connectivity index (χ1n) is 7.39. The molecule has 0 amide bonds. The molecule has 3 rings (SSSR count). The Bertz CT molecular complexity index is 722. The Labute approximate surface area is 125 Å². The molecule has 2 aromatic carbocycles. The molecule has 1 heterocycles. The van der Waals surface area contributed by atoms with Crippen molar-refractivity contribution in [1.29, 1.82) is 0 Å². The minimum Gasteiger partial charge on any atom is -0.304 e. The molecule has 1 aromatic heterocycles. The lowest BCUT2D eigenvalue weighted by Gasteiger charge is -2.21. The molecule has 0 aliphatic heterocycles. The van der Waals surface area contributed by atoms with E-state index < -0.39 is 0 Å². The Hall–Kier alpha value is -2.19. The van der Waals surface area contributed by atoms with Crippen molar-refractivity contribution in [3.05, 3.63) is 78.1 Å². The second-order valence-corrected chi connectivity index (χ2v) is 5.50. The third-order valence-electron chi connectivity index (χ3n) is 3.98. The molecule has 0 aliphatic rings. The maximum atomic E-state index is 4.07. The Morgan fingerprint density at radius 1 is 0.762 bits per heavy atom. The molecule has 2 heteroatoms. The molecule has 0 radical (unpaired) electrons. The van der Waals surface area contributed by atoms with Crippen molar-refractivity contribution in [1.82, 2.24) is 10.3 Å². The topological polar surface area (TPSA) is 24.9 Å². The van der Waals surface area contributed by atoms with E-state index in [1.54, 1.807) is 0 Å². The normalized spacial score (nSPS) is 14.0. The zero-order chi connectivity index (χ0) is 14.7. The van der Waals surface area contributed by atoms with E-state index >= 15 is 0 Å². The van der Waals surface area contributed by atoms with Crippen LogP contribution in [0.5, 0.6) is 0 Å². The van der Waals surface area contributed by atoms with Gasteiger partial charge in [-0.1, -0.05) is 36.4 Å². The van der Waals surface area contributed by atoms with Crippen molar-refractivity contribution in [2.45, 2.75) is 25.9 Å². The molecule has 2 unspecified atom stereocenters. The summed E-state index contributed by atoms with van der Waals surface area (Å²) in [5, 5.41) is 6.23. The number of pyridine rings is 1. The molecular formula is C19H20N2. The number of aromatic nitrogens is 1. The number of rotatable bonds is 4. The van der Waals surface area contributed by atoms with Gasteiger partial charge in [-0.25, -0.2) is 0 Å². The van der Waals surface area contributed by atoms with Crippen LogP contribution >= 0.6 is 0 Å². The number of benzene rings is 2. The Morgan fingerprint density at radius 2 is 1.43 bits per heavy atom. The molecule has 0 saturated heterocycles. The first kappa shape index (κ1) is 13.8. The van der Waals surface area contributed by atoms with Crippen LogP contribution in [-0.2, 0) is 0 Å².